The number of fused-ring (bicyclic) bond motifs is 2. The number of anilines is 1. The lowest BCUT2D eigenvalue weighted by molar-refractivity contribution is -0.155. The summed E-state index contributed by atoms with van der Waals surface area (Å²) in [6.45, 7) is 6.62. The standard InChI is InChI=1S/C34H39N3O5/c1-4-23(2)26(22-38)37-29-32(41)35(21-24-13-7-5-8-14-24)19-12-18-34(29)28(31(37)40)27-30(39)36(25-15-9-6-10-16-25)20-11-17-33(27,3)42-34/h5-18,23,26-29,38H,4,19-22H2,1-3H3/t23-,26-,27-,28-,29?,33+,34-/m0/s1. The van der Waals surface area contributed by atoms with Crippen LogP contribution in [0.15, 0.2) is 85.0 Å². The summed E-state index contributed by atoms with van der Waals surface area (Å²) < 4.78 is 6.95. The van der Waals surface area contributed by atoms with Gasteiger partial charge in [-0.3, -0.25) is 14.4 Å². The summed E-state index contributed by atoms with van der Waals surface area (Å²) >= 11 is 0. The van der Waals surface area contributed by atoms with Gasteiger partial charge in [-0.05, 0) is 30.5 Å². The maximum Gasteiger partial charge on any atom is 0.249 e. The Hall–Kier alpha value is -3.75. The van der Waals surface area contributed by atoms with Gasteiger partial charge in [0, 0.05) is 25.3 Å². The minimum absolute atomic E-state index is 0.0747. The Balaban J connectivity index is 1.48. The minimum atomic E-state index is -1.36. The molecule has 6 rings (SSSR count). The highest BCUT2D eigenvalue weighted by Crippen LogP contribution is 2.58. The third-order valence-electron chi connectivity index (χ3n) is 9.71. The van der Waals surface area contributed by atoms with Crippen LogP contribution in [0, 0.1) is 17.8 Å². The van der Waals surface area contributed by atoms with Crippen molar-refractivity contribution in [2.45, 2.75) is 57.0 Å². The third-order valence-corrected chi connectivity index (χ3v) is 9.71. The number of aliphatic hydroxyl groups excluding tert-OH is 1. The molecule has 0 bridgehead atoms. The molecule has 0 aliphatic carbocycles. The molecule has 8 heteroatoms. The maximum atomic E-state index is 14.7. The summed E-state index contributed by atoms with van der Waals surface area (Å²) in [5, 5.41) is 10.6. The van der Waals surface area contributed by atoms with Crippen molar-refractivity contribution in [1.82, 2.24) is 9.80 Å². The van der Waals surface area contributed by atoms with Crippen molar-refractivity contribution in [3.63, 3.8) is 0 Å². The highest BCUT2D eigenvalue weighted by molar-refractivity contribution is 6.04. The van der Waals surface area contributed by atoms with Gasteiger partial charge in [0.25, 0.3) is 0 Å². The number of carbonyl (C=O) groups excluding carboxylic acids is 3. The lowest BCUT2D eigenvalue weighted by Gasteiger charge is -2.41. The summed E-state index contributed by atoms with van der Waals surface area (Å²) in [5.41, 5.74) is -0.746. The van der Waals surface area contributed by atoms with Gasteiger partial charge < -0.3 is 24.5 Å². The number of ether oxygens (including phenoxy) is 1. The first-order valence-electron chi connectivity index (χ1n) is 14.9. The smallest absolute Gasteiger partial charge is 0.249 e. The molecule has 4 aliphatic rings. The molecule has 8 nitrogen and oxygen atoms in total. The van der Waals surface area contributed by atoms with Crippen molar-refractivity contribution < 1.29 is 24.2 Å². The molecule has 4 aliphatic heterocycles. The summed E-state index contributed by atoms with van der Waals surface area (Å²) in [6.07, 6.45) is 8.28. The van der Waals surface area contributed by atoms with Crippen molar-refractivity contribution in [3.05, 3.63) is 90.5 Å². The van der Waals surface area contributed by atoms with Crippen LogP contribution in [0.3, 0.4) is 0 Å². The topological polar surface area (TPSA) is 90.4 Å². The fraction of sp³-hybridized carbons (Fsp3) is 0.441. The second-order valence-electron chi connectivity index (χ2n) is 12.2. The lowest BCUT2D eigenvalue weighted by Crippen LogP contribution is -2.59. The van der Waals surface area contributed by atoms with E-state index >= 15 is 0 Å². The molecule has 42 heavy (non-hydrogen) atoms. The van der Waals surface area contributed by atoms with E-state index in [2.05, 4.69) is 0 Å². The second-order valence-corrected chi connectivity index (χ2v) is 12.2. The molecule has 1 N–H and O–H groups in total. The van der Waals surface area contributed by atoms with Crippen LogP contribution in [-0.2, 0) is 25.7 Å². The van der Waals surface area contributed by atoms with E-state index < -0.39 is 35.1 Å². The predicted octanol–water partition coefficient (Wildman–Crippen LogP) is 3.57. The van der Waals surface area contributed by atoms with Crippen LogP contribution >= 0.6 is 0 Å². The van der Waals surface area contributed by atoms with Gasteiger partial charge in [0.15, 0.2) is 0 Å². The molecule has 1 spiro atoms. The van der Waals surface area contributed by atoms with Gasteiger partial charge >= 0.3 is 0 Å². The molecule has 1 unspecified atom stereocenters. The number of amides is 3. The van der Waals surface area contributed by atoms with Crippen LogP contribution in [0.1, 0.15) is 32.8 Å². The van der Waals surface area contributed by atoms with E-state index in [1.165, 1.54) is 0 Å². The van der Waals surface area contributed by atoms with E-state index in [4.69, 9.17) is 4.74 Å². The van der Waals surface area contributed by atoms with Gasteiger partial charge in [0.2, 0.25) is 17.7 Å². The molecular weight excluding hydrogens is 530 g/mol. The Bertz CT molecular complexity index is 1410. The number of para-hydroxylation sites is 1. The molecule has 2 fully saturated rings. The second kappa shape index (κ2) is 10.8. The van der Waals surface area contributed by atoms with Crippen molar-refractivity contribution in [2.24, 2.45) is 17.8 Å². The van der Waals surface area contributed by atoms with Crippen LogP contribution in [0.2, 0.25) is 0 Å². The van der Waals surface area contributed by atoms with E-state index in [0.717, 1.165) is 11.3 Å². The van der Waals surface area contributed by atoms with Crippen LogP contribution < -0.4 is 4.90 Å². The Morgan fingerprint density at radius 2 is 1.57 bits per heavy atom. The van der Waals surface area contributed by atoms with Gasteiger partial charge in [-0.15, -0.1) is 0 Å². The fourth-order valence-electron chi connectivity index (χ4n) is 7.47. The molecule has 2 aromatic carbocycles. The summed E-state index contributed by atoms with van der Waals surface area (Å²) in [7, 11) is 0. The number of hydrogen-bond donors (Lipinski definition) is 1. The number of nitrogens with zero attached hydrogens (tertiary/aromatic N) is 3. The average Bonchev–Trinajstić information content (AvgIpc) is 3.27. The lowest BCUT2D eigenvalue weighted by atomic mass is 9.74. The van der Waals surface area contributed by atoms with E-state index in [9.17, 15) is 19.5 Å². The van der Waals surface area contributed by atoms with E-state index in [1.54, 1.807) is 14.7 Å². The Kier molecular flexibility index (Phi) is 7.31. The molecule has 3 amide bonds. The zero-order valence-corrected chi connectivity index (χ0v) is 24.4. The van der Waals surface area contributed by atoms with Crippen LogP contribution in [0.4, 0.5) is 5.69 Å². The largest absolute Gasteiger partial charge is 0.394 e. The molecule has 0 radical (unpaired) electrons. The molecule has 4 heterocycles. The molecular formula is C34H39N3O5. The molecule has 220 valence electrons. The first kappa shape index (κ1) is 28.4. The van der Waals surface area contributed by atoms with Gasteiger partial charge in [-0.2, -0.15) is 0 Å². The molecule has 0 aromatic heterocycles. The van der Waals surface area contributed by atoms with E-state index in [1.807, 2.05) is 106 Å². The van der Waals surface area contributed by atoms with E-state index in [0.29, 0.717) is 26.1 Å². The number of benzene rings is 2. The highest BCUT2D eigenvalue weighted by Gasteiger charge is 2.75. The predicted molar refractivity (Wildman–Crippen MR) is 159 cm³/mol. The van der Waals surface area contributed by atoms with E-state index in [-0.39, 0.29) is 30.2 Å². The van der Waals surface area contributed by atoms with Crippen molar-refractivity contribution in [3.8, 4) is 0 Å². The summed E-state index contributed by atoms with van der Waals surface area (Å²) in [6, 6.07) is 17.6. The van der Waals surface area contributed by atoms with Gasteiger partial charge in [0.05, 0.1) is 30.1 Å². The number of rotatable bonds is 7. The average molecular weight is 570 g/mol. The Morgan fingerprint density at radius 1 is 0.905 bits per heavy atom. The first-order chi connectivity index (χ1) is 20.3. The number of aliphatic hydroxyl groups is 1. The molecule has 2 saturated heterocycles. The summed E-state index contributed by atoms with van der Waals surface area (Å²) in [5.74, 6) is -2.62. The highest BCUT2D eigenvalue weighted by atomic mass is 16.5. The number of likely N-dealkylation sites (tertiary alicyclic amines) is 1. The Morgan fingerprint density at radius 3 is 2.24 bits per heavy atom. The van der Waals surface area contributed by atoms with Crippen LogP contribution in [0.5, 0.6) is 0 Å². The summed E-state index contributed by atoms with van der Waals surface area (Å²) in [4.78, 5) is 48.8. The Labute approximate surface area is 247 Å². The molecule has 2 aromatic rings. The molecule has 0 saturated carbocycles. The van der Waals surface area contributed by atoms with Crippen molar-refractivity contribution in [1.29, 1.82) is 0 Å². The van der Waals surface area contributed by atoms with Gasteiger partial charge in [-0.25, -0.2) is 0 Å². The SMILES string of the molecule is CC[C@H](C)[C@H](CO)N1C(=O)[C@@H]2[C@H]3C(=O)N(c4ccccc4)CC=C[C@@]3(C)O[C@@]23C=CCN(Cc2ccccc2)C(=O)C13. The zero-order valence-electron chi connectivity index (χ0n) is 24.4. The van der Waals surface area contributed by atoms with Crippen LogP contribution in [-0.4, -0.2) is 75.6 Å². The van der Waals surface area contributed by atoms with Crippen LogP contribution in [0.25, 0.3) is 0 Å². The van der Waals surface area contributed by atoms with Crippen molar-refractivity contribution in [2.75, 3.05) is 24.6 Å². The third kappa shape index (κ3) is 4.31. The molecule has 7 atom stereocenters. The first-order valence-corrected chi connectivity index (χ1v) is 14.9. The number of hydrogen-bond acceptors (Lipinski definition) is 5. The quantitative estimate of drug-likeness (QED) is 0.515. The zero-order chi connectivity index (χ0) is 29.6. The van der Waals surface area contributed by atoms with Crippen molar-refractivity contribution >= 4 is 23.4 Å². The normalized spacial score (nSPS) is 31.9. The monoisotopic (exact) mass is 569 g/mol. The minimum Gasteiger partial charge on any atom is -0.394 e. The number of carbonyl (C=O) groups is 3. The fourth-order valence-corrected chi connectivity index (χ4v) is 7.47. The van der Waals surface area contributed by atoms with Gasteiger partial charge in [-0.1, -0.05) is 93.1 Å². The maximum absolute atomic E-state index is 14.7. The van der Waals surface area contributed by atoms with Gasteiger partial charge in [0.1, 0.15) is 11.6 Å².